The fourth-order valence-corrected chi connectivity index (χ4v) is 1.07. The maximum atomic E-state index is 5.29. The molecule has 0 fully saturated rings. The third kappa shape index (κ3) is 2.93. The van der Waals surface area contributed by atoms with Gasteiger partial charge in [-0.1, -0.05) is 6.92 Å². The molecule has 0 aliphatic heterocycles. The summed E-state index contributed by atoms with van der Waals surface area (Å²) in [5, 5.41) is 0. The summed E-state index contributed by atoms with van der Waals surface area (Å²) in [7, 11) is 0. The second-order valence-corrected chi connectivity index (χ2v) is 2.80. The fourth-order valence-electron chi connectivity index (χ4n) is 1.07. The first-order chi connectivity index (χ1) is 6.80. The normalized spacial score (nSPS) is 10.2. The number of nitrogens with zero attached hydrogens (tertiary/aromatic N) is 2. The average Bonchev–Trinajstić information content (AvgIpc) is 2.25. The van der Waals surface area contributed by atoms with Crippen molar-refractivity contribution in [3.05, 3.63) is 17.6 Å². The van der Waals surface area contributed by atoms with Crippen molar-refractivity contribution < 1.29 is 4.74 Å². The lowest BCUT2D eigenvalue weighted by atomic mass is 10.3. The Kier molecular flexibility index (Phi) is 4.28. The molecule has 1 heterocycles. The van der Waals surface area contributed by atoms with Crippen molar-refractivity contribution in [2.75, 3.05) is 12.0 Å². The van der Waals surface area contributed by atoms with Crippen LogP contribution in [-0.2, 0) is 17.8 Å². The quantitative estimate of drug-likeness (QED) is 0.539. The molecule has 0 unspecified atom stereocenters. The summed E-state index contributed by atoms with van der Waals surface area (Å²) in [6.45, 7) is 5.06. The highest BCUT2D eigenvalue weighted by molar-refractivity contribution is 5.34. The van der Waals surface area contributed by atoms with Crippen molar-refractivity contribution in [2.45, 2.75) is 26.9 Å². The molecule has 5 heteroatoms. The van der Waals surface area contributed by atoms with E-state index in [0.717, 1.165) is 12.1 Å². The van der Waals surface area contributed by atoms with Gasteiger partial charge in [0.2, 0.25) is 0 Å². The average molecular weight is 196 g/mol. The molecule has 3 N–H and O–H groups in total. The number of hydrogen-bond donors (Lipinski definition) is 2. The molecule has 0 saturated carbocycles. The van der Waals surface area contributed by atoms with Crippen molar-refractivity contribution in [2.24, 2.45) is 5.84 Å². The van der Waals surface area contributed by atoms with Gasteiger partial charge in [0, 0.05) is 18.4 Å². The van der Waals surface area contributed by atoms with Gasteiger partial charge < -0.3 is 10.2 Å². The Morgan fingerprint density at radius 1 is 1.43 bits per heavy atom. The summed E-state index contributed by atoms with van der Waals surface area (Å²) < 4.78 is 5.22. The lowest BCUT2D eigenvalue weighted by Crippen LogP contribution is -2.12. The summed E-state index contributed by atoms with van der Waals surface area (Å²) in [5.74, 6) is 6.59. The Bertz CT molecular complexity index is 268. The number of nitrogens with two attached hydrogens (primary N) is 1. The molecule has 0 bridgehead atoms. The highest BCUT2D eigenvalue weighted by atomic mass is 16.5. The summed E-state index contributed by atoms with van der Waals surface area (Å²) in [4.78, 5) is 8.47. The summed E-state index contributed by atoms with van der Waals surface area (Å²) >= 11 is 0. The van der Waals surface area contributed by atoms with Crippen LogP contribution in [0.15, 0.2) is 6.07 Å². The zero-order valence-corrected chi connectivity index (χ0v) is 8.58. The number of hydrogen-bond acceptors (Lipinski definition) is 5. The van der Waals surface area contributed by atoms with E-state index in [1.807, 2.05) is 19.9 Å². The van der Waals surface area contributed by atoms with E-state index >= 15 is 0 Å². The minimum atomic E-state index is 0.430. The molecule has 5 nitrogen and oxygen atoms in total. The molecule has 78 valence electrons. The van der Waals surface area contributed by atoms with Crippen molar-refractivity contribution in [3.8, 4) is 0 Å². The van der Waals surface area contributed by atoms with Crippen LogP contribution in [0.3, 0.4) is 0 Å². The van der Waals surface area contributed by atoms with E-state index in [-0.39, 0.29) is 0 Å². The molecule has 1 rings (SSSR count). The molecule has 0 aromatic carbocycles. The second kappa shape index (κ2) is 5.51. The molecule has 1 aromatic heterocycles. The second-order valence-electron chi connectivity index (χ2n) is 2.80. The van der Waals surface area contributed by atoms with Gasteiger partial charge in [0.15, 0.2) is 5.82 Å². The first kappa shape index (κ1) is 10.9. The van der Waals surface area contributed by atoms with Gasteiger partial charge in [-0.25, -0.2) is 15.8 Å². The topological polar surface area (TPSA) is 73.1 Å². The number of nitrogens with one attached hydrogen (secondary N) is 1. The summed E-state index contributed by atoms with van der Waals surface area (Å²) in [5.41, 5.74) is 3.47. The highest BCUT2D eigenvalue weighted by Crippen LogP contribution is 2.06. The fraction of sp³-hybridized carbons (Fsp3) is 0.556. The van der Waals surface area contributed by atoms with Gasteiger partial charge in [-0.05, 0) is 13.3 Å². The summed E-state index contributed by atoms with van der Waals surface area (Å²) in [6.07, 6.45) is 0.857. The monoisotopic (exact) mass is 196 g/mol. The van der Waals surface area contributed by atoms with Crippen molar-refractivity contribution in [1.29, 1.82) is 0 Å². The number of ether oxygens (including phenoxy) is 1. The van der Waals surface area contributed by atoms with Crippen LogP contribution < -0.4 is 11.3 Å². The molecule has 0 aliphatic rings. The number of hydrazine groups is 1. The van der Waals surface area contributed by atoms with Crippen LogP contribution in [0, 0.1) is 0 Å². The molecule has 14 heavy (non-hydrogen) atoms. The smallest absolute Gasteiger partial charge is 0.156 e. The lowest BCUT2D eigenvalue weighted by Gasteiger charge is -2.06. The maximum Gasteiger partial charge on any atom is 0.156 e. The Labute approximate surface area is 83.7 Å². The Balaban J connectivity index is 2.81. The van der Waals surface area contributed by atoms with Gasteiger partial charge in [0.05, 0.1) is 0 Å². The highest BCUT2D eigenvalue weighted by Gasteiger charge is 2.02. The predicted octanol–water partition coefficient (Wildman–Crippen LogP) is 0.861. The maximum absolute atomic E-state index is 5.29. The van der Waals surface area contributed by atoms with Crippen molar-refractivity contribution >= 4 is 5.82 Å². The van der Waals surface area contributed by atoms with Gasteiger partial charge in [-0.3, -0.25) is 0 Å². The minimum absolute atomic E-state index is 0.430. The predicted molar refractivity (Wildman–Crippen MR) is 54.6 cm³/mol. The van der Waals surface area contributed by atoms with Gasteiger partial charge in [0.25, 0.3) is 0 Å². The zero-order chi connectivity index (χ0) is 10.4. The van der Waals surface area contributed by atoms with Gasteiger partial charge in [-0.15, -0.1) is 0 Å². The standard InChI is InChI=1S/C9H16N4O/c1-3-7-5-8(13-10)12-9(11-7)6-14-4-2/h5H,3-4,6,10H2,1-2H3,(H,11,12,13). The number of anilines is 1. The third-order valence-electron chi connectivity index (χ3n) is 1.77. The van der Waals surface area contributed by atoms with E-state index in [2.05, 4.69) is 15.4 Å². The van der Waals surface area contributed by atoms with Crippen LogP contribution in [0.2, 0.25) is 0 Å². The van der Waals surface area contributed by atoms with E-state index in [1.165, 1.54) is 0 Å². The molecule has 1 aromatic rings. The number of aromatic nitrogens is 2. The summed E-state index contributed by atoms with van der Waals surface area (Å²) in [6, 6.07) is 1.83. The largest absolute Gasteiger partial charge is 0.374 e. The third-order valence-corrected chi connectivity index (χ3v) is 1.77. The zero-order valence-electron chi connectivity index (χ0n) is 8.58. The van der Waals surface area contributed by atoms with E-state index in [9.17, 15) is 0 Å². The van der Waals surface area contributed by atoms with E-state index < -0.39 is 0 Å². The first-order valence-corrected chi connectivity index (χ1v) is 4.71. The molecule has 0 radical (unpaired) electrons. The molecule has 0 amide bonds. The van der Waals surface area contributed by atoms with Crippen LogP contribution in [0.4, 0.5) is 5.82 Å². The van der Waals surface area contributed by atoms with Crippen LogP contribution in [0.5, 0.6) is 0 Å². The number of rotatable bonds is 5. The van der Waals surface area contributed by atoms with Crippen molar-refractivity contribution in [3.63, 3.8) is 0 Å². The Morgan fingerprint density at radius 3 is 2.79 bits per heavy atom. The first-order valence-electron chi connectivity index (χ1n) is 4.71. The van der Waals surface area contributed by atoms with Gasteiger partial charge >= 0.3 is 0 Å². The lowest BCUT2D eigenvalue weighted by molar-refractivity contribution is 0.128. The molecule has 0 aliphatic carbocycles. The molecular formula is C9H16N4O. The van der Waals surface area contributed by atoms with Crippen LogP contribution >= 0.6 is 0 Å². The van der Waals surface area contributed by atoms with Gasteiger partial charge in [0.1, 0.15) is 12.4 Å². The van der Waals surface area contributed by atoms with E-state index in [4.69, 9.17) is 10.6 Å². The SMILES string of the molecule is CCOCc1nc(CC)cc(NN)n1. The molecular weight excluding hydrogens is 180 g/mol. The van der Waals surface area contributed by atoms with E-state index in [1.54, 1.807) is 0 Å². The Hall–Kier alpha value is -1.20. The minimum Gasteiger partial charge on any atom is -0.374 e. The Morgan fingerprint density at radius 2 is 2.21 bits per heavy atom. The molecule has 0 saturated heterocycles. The van der Waals surface area contributed by atoms with Gasteiger partial charge in [-0.2, -0.15) is 0 Å². The van der Waals surface area contributed by atoms with Crippen LogP contribution in [0.25, 0.3) is 0 Å². The van der Waals surface area contributed by atoms with Crippen LogP contribution in [-0.4, -0.2) is 16.6 Å². The number of nitrogen functional groups attached to an aromatic ring is 1. The van der Waals surface area contributed by atoms with Crippen molar-refractivity contribution in [1.82, 2.24) is 9.97 Å². The van der Waals surface area contributed by atoms with E-state index in [0.29, 0.717) is 24.9 Å². The van der Waals surface area contributed by atoms with Crippen LogP contribution in [0.1, 0.15) is 25.4 Å². The number of aryl methyl sites for hydroxylation is 1. The molecule has 0 atom stereocenters. The molecule has 0 spiro atoms.